The SMILES string of the molecule is CCOCCN1CCC(Cc2ccnc(C)c2)CC1. The second kappa shape index (κ2) is 7.61. The van der Waals surface area contributed by atoms with Crippen LogP contribution in [0.5, 0.6) is 0 Å². The van der Waals surface area contributed by atoms with Gasteiger partial charge in [0.05, 0.1) is 6.61 Å². The van der Waals surface area contributed by atoms with Gasteiger partial charge in [-0.05, 0) is 69.8 Å². The fraction of sp³-hybridized carbons (Fsp3) is 0.688. The molecule has 0 atom stereocenters. The fourth-order valence-corrected chi connectivity index (χ4v) is 2.82. The molecular weight excluding hydrogens is 236 g/mol. The second-order valence-electron chi connectivity index (χ2n) is 5.49. The first-order valence-corrected chi connectivity index (χ1v) is 7.49. The number of ether oxygens (including phenoxy) is 1. The smallest absolute Gasteiger partial charge is 0.0593 e. The van der Waals surface area contributed by atoms with Gasteiger partial charge in [-0.2, -0.15) is 0 Å². The zero-order chi connectivity index (χ0) is 13.5. The number of hydrogen-bond acceptors (Lipinski definition) is 3. The Labute approximate surface area is 117 Å². The zero-order valence-corrected chi connectivity index (χ0v) is 12.3. The van der Waals surface area contributed by atoms with Crippen molar-refractivity contribution in [2.24, 2.45) is 5.92 Å². The van der Waals surface area contributed by atoms with Gasteiger partial charge in [0.2, 0.25) is 0 Å². The summed E-state index contributed by atoms with van der Waals surface area (Å²) in [6.07, 6.45) is 5.77. The average Bonchev–Trinajstić information content (AvgIpc) is 2.41. The highest BCUT2D eigenvalue weighted by Crippen LogP contribution is 2.21. The van der Waals surface area contributed by atoms with Gasteiger partial charge in [0.1, 0.15) is 0 Å². The molecule has 3 nitrogen and oxygen atoms in total. The van der Waals surface area contributed by atoms with Crippen molar-refractivity contribution in [3.05, 3.63) is 29.6 Å². The summed E-state index contributed by atoms with van der Waals surface area (Å²) in [4.78, 5) is 6.80. The van der Waals surface area contributed by atoms with Crippen LogP contribution in [0.1, 0.15) is 31.0 Å². The van der Waals surface area contributed by atoms with E-state index in [0.29, 0.717) is 0 Å². The third kappa shape index (κ3) is 4.92. The van der Waals surface area contributed by atoms with E-state index in [1.54, 1.807) is 0 Å². The van der Waals surface area contributed by atoms with Crippen LogP contribution in [0.15, 0.2) is 18.3 Å². The van der Waals surface area contributed by atoms with Crippen molar-refractivity contribution in [3.63, 3.8) is 0 Å². The highest BCUT2D eigenvalue weighted by molar-refractivity contribution is 5.16. The van der Waals surface area contributed by atoms with Gasteiger partial charge in [0.15, 0.2) is 0 Å². The van der Waals surface area contributed by atoms with Gasteiger partial charge in [-0.1, -0.05) is 0 Å². The lowest BCUT2D eigenvalue weighted by Crippen LogP contribution is -2.36. The summed E-state index contributed by atoms with van der Waals surface area (Å²) in [6.45, 7) is 9.38. The van der Waals surface area contributed by atoms with E-state index in [1.807, 2.05) is 6.20 Å². The van der Waals surface area contributed by atoms with Crippen molar-refractivity contribution >= 4 is 0 Å². The molecule has 1 fully saturated rings. The number of piperidine rings is 1. The van der Waals surface area contributed by atoms with Crippen molar-refractivity contribution in [1.29, 1.82) is 0 Å². The standard InChI is InChI=1S/C16H26N2O/c1-3-19-11-10-18-8-5-15(6-9-18)13-16-4-7-17-14(2)12-16/h4,7,12,15H,3,5-6,8-11,13H2,1-2H3. The molecule has 3 heteroatoms. The Morgan fingerprint density at radius 1 is 1.37 bits per heavy atom. The van der Waals surface area contributed by atoms with Gasteiger partial charge in [-0.25, -0.2) is 0 Å². The Kier molecular flexibility index (Phi) is 5.80. The molecule has 2 rings (SSSR count). The van der Waals surface area contributed by atoms with Crippen molar-refractivity contribution in [2.45, 2.75) is 33.1 Å². The Hall–Kier alpha value is -0.930. The molecule has 0 amide bonds. The van der Waals surface area contributed by atoms with Crippen molar-refractivity contribution in [3.8, 4) is 0 Å². The molecule has 0 aromatic carbocycles. The van der Waals surface area contributed by atoms with Crippen LogP contribution < -0.4 is 0 Å². The molecule has 1 aliphatic rings. The number of likely N-dealkylation sites (tertiary alicyclic amines) is 1. The van der Waals surface area contributed by atoms with E-state index in [4.69, 9.17) is 4.74 Å². The minimum atomic E-state index is 0.831. The fourth-order valence-electron chi connectivity index (χ4n) is 2.82. The molecule has 106 valence electrons. The monoisotopic (exact) mass is 262 g/mol. The molecule has 0 saturated carbocycles. The lowest BCUT2D eigenvalue weighted by Gasteiger charge is -2.31. The summed E-state index contributed by atoms with van der Waals surface area (Å²) in [6, 6.07) is 4.38. The summed E-state index contributed by atoms with van der Waals surface area (Å²) in [5.41, 5.74) is 2.58. The number of pyridine rings is 1. The highest BCUT2D eigenvalue weighted by atomic mass is 16.5. The molecule has 1 aromatic rings. The van der Waals surface area contributed by atoms with E-state index in [9.17, 15) is 0 Å². The van der Waals surface area contributed by atoms with Gasteiger partial charge in [0, 0.05) is 25.0 Å². The summed E-state index contributed by atoms with van der Waals surface area (Å²) in [5, 5.41) is 0. The number of hydrogen-bond donors (Lipinski definition) is 0. The molecule has 0 spiro atoms. The van der Waals surface area contributed by atoms with Crippen molar-refractivity contribution < 1.29 is 4.74 Å². The number of nitrogens with zero attached hydrogens (tertiary/aromatic N) is 2. The number of aryl methyl sites for hydroxylation is 1. The molecule has 0 radical (unpaired) electrons. The molecule has 1 aliphatic heterocycles. The lowest BCUT2D eigenvalue weighted by atomic mass is 9.90. The molecule has 2 heterocycles. The maximum absolute atomic E-state index is 5.42. The molecule has 0 unspecified atom stereocenters. The van der Waals surface area contributed by atoms with Gasteiger partial charge in [-0.15, -0.1) is 0 Å². The van der Waals surface area contributed by atoms with Crippen LogP contribution in [0.3, 0.4) is 0 Å². The average molecular weight is 262 g/mol. The van der Waals surface area contributed by atoms with Gasteiger partial charge < -0.3 is 9.64 Å². The third-order valence-corrected chi connectivity index (χ3v) is 3.95. The molecule has 0 bridgehead atoms. The molecular formula is C16H26N2O. The van der Waals surface area contributed by atoms with Gasteiger partial charge in [-0.3, -0.25) is 4.98 Å². The van der Waals surface area contributed by atoms with E-state index < -0.39 is 0 Å². The largest absolute Gasteiger partial charge is 0.380 e. The second-order valence-corrected chi connectivity index (χ2v) is 5.49. The Morgan fingerprint density at radius 2 is 2.16 bits per heavy atom. The van der Waals surface area contributed by atoms with Gasteiger partial charge in [0.25, 0.3) is 0 Å². The summed E-state index contributed by atoms with van der Waals surface area (Å²) >= 11 is 0. The summed E-state index contributed by atoms with van der Waals surface area (Å²) in [5.74, 6) is 0.838. The van der Waals surface area contributed by atoms with E-state index in [-0.39, 0.29) is 0 Å². The number of rotatable bonds is 6. The summed E-state index contributed by atoms with van der Waals surface area (Å²) < 4.78 is 5.42. The Balaban J connectivity index is 1.71. The van der Waals surface area contributed by atoms with Crippen LogP contribution in [-0.2, 0) is 11.2 Å². The maximum atomic E-state index is 5.42. The minimum absolute atomic E-state index is 0.831. The molecule has 1 saturated heterocycles. The maximum Gasteiger partial charge on any atom is 0.0593 e. The molecule has 0 N–H and O–H groups in total. The topological polar surface area (TPSA) is 25.4 Å². The van der Waals surface area contributed by atoms with E-state index in [1.165, 1.54) is 37.9 Å². The zero-order valence-electron chi connectivity index (χ0n) is 12.3. The lowest BCUT2D eigenvalue weighted by molar-refractivity contribution is 0.0957. The molecule has 1 aromatic heterocycles. The first-order chi connectivity index (χ1) is 9.28. The van der Waals surface area contributed by atoms with Crippen molar-refractivity contribution in [1.82, 2.24) is 9.88 Å². The molecule has 19 heavy (non-hydrogen) atoms. The van der Waals surface area contributed by atoms with Crippen LogP contribution in [0.25, 0.3) is 0 Å². The minimum Gasteiger partial charge on any atom is -0.380 e. The highest BCUT2D eigenvalue weighted by Gasteiger charge is 2.19. The van der Waals surface area contributed by atoms with Crippen molar-refractivity contribution in [2.75, 3.05) is 32.8 Å². The number of aromatic nitrogens is 1. The predicted octanol–water partition coefficient (Wildman–Crippen LogP) is 2.68. The van der Waals surface area contributed by atoms with Crippen LogP contribution >= 0.6 is 0 Å². The van der Waals surface area contributed by atoms with E-state index >= 15 is 0 Å². The van der Waals surface area contributed by atoms with E-state index in [2.05, 4.69) is 35.9 Å². The molecule has 0 aliphatic carbocycles. The van der Waals surface area contributed by atoms with E-state index in [0.717, 1.165) is 31.4 Å². The van der Waals surface area contributed by atoms with Crippen LogP contribution in [0.2, 0.25) is 0 Å². The first kappa shape index (κ1) is 14.5. The van der Waals surface area contributed by atoms with Crippen LogP contribution in [0, 0.1) is 12.8 Å². The Bertz CT molecular complexity index is 373. The predicted molar refractivity (Wildman–Crippen MR) is 78.3 cm³/mol. The quantitative estimate of drug-likeness (QED) is 0.737. The summed E-state index contributed by atoms with van der Waals surface area (Å²) in [7, 11) is 0. The first-order valence-electron chi connectivity index (χ1n) is 7.49. The van der Waals surface area contributed by atoms with Crippen LogP contribution in [0.4, 0.5) is 0 Å². The third-order valence-electron chi connectivity index (χ3n) is 3.95. The normalized spacial score (nSPS) is 17.8. The Morgan fingerprint density at radius 3 is 2.84 bits per heavy atom. The van der Waals surface area contributed by atoms with Crippen LogP contribution in [-0.4, -0.2) is 42.7 Å². The van der Waals surface area contributed by atoms with Gasteiger partial charge >= 0.3 is 0 Å².